The number of carbonyl (C=O) groups excluding carboxylic acids is 8. The van der Waals surface area contributed by atoms with E-state index in [1.807, 2.05) is 67.6 Å². The van der Waals surface area contributed by atoms with Gasteiger partial charge in [0.15, 0.2) is 23.9 Å². The van der Waals surface area contributed by atoms with Crippen LogP contribution in [0.4, 0.5) is 57.4 Å². The zero-order valence-corrected chi connectivity index (χ0v) is 71.0. The number of amides is 5. The van der Waals surface area contributed by atoms with Gasteiger partial charge in [-0.05, 0) is 165 Å². The van der Waals surface area contributed by atoms with Crippen LogP contribution in [0, 0.1) is 31.0 Å². The molecule has 0 saturated heterocycles. The molecule has 614 valence electrons. The molecule has 0 atom stereocenters. The van der Waals surface area contributed by atoms with Crippen LogP contribution >= 0.6 is 0 Å². The molecule has 5 aliphatic heterocycles. The second-order valence-corrected chi connectivity index (χ2v) is 25.4. The van der Waals surface area contributed by atoms with Gasteiger partial charge in [-0.3, -0.25) is 38.4 Å². The summed E-state index contributed by atoms with van der Waals surface area (Å²) in [5, 5.41) is 24.1. The zero-order chi connectivity index (χ0) is 84.2. The number of esters is 1. The van der Waals surface area contributed by atoms with Crippen molar-refractivity contribution in [3.63, 3.8) is 0 Å². The molecule has 0 saturated carbocycles. The van der Waals surface area contributed by atoms with E-state index in [2.05, 4.69) is 40.3 Å². The van der Waals surface area contributed by atoms with Crippen LogP contribution in [0.25, 0.3) is 59.0 Å². The average Bonchev–Trinajstić information content (AvgIpc) is 1.63. The smallest absolute Gasteiger partial charge is 0.870 e. The number of furan rings is 3. The SMILES string of the molecule is CC(=O)N1CCc2cc(-c3coc4ncnc(N)c34)ccc21.CC(=O)N1CCc2cc(C(=O)CO)ccc21.CC(=O)c1ccc2c(c1)CCN2C(C)=O.CCOC(OCC)OC(C)=O.CO.N.[C-]#[N+]CC#N.[C-]#[N+]c1c(-c2ccc3c(c2)CCN3C(C)=O)coc1N.[C-]#[N+]c1c(-c2ccc3c(c2)CCN3C(C)=O)coc1N=COCC.[K+].[OH-]. The number of aliphatic hydroxyl groups is 2. The Labute approximate surface area is 725 Å². The van der Waals surface area contributed by atoms with E-state index in [0.717, 1.165) is 142 Å². The summed E-state index contributed by atoms with van der Waals surface area (Å²) in [6, 6.07) is 30.0. The normalized spacial score (nSPS) is 12.2. The summed E-state index contributed by atoms with van der Waals surface area (Å²) < 4.78 is 35.6. The number of ketones is 2. The third-order valence-corrected chi connectivity index (χ3v) is 18.2. The first-order chi connectivity index (χ1) is 55.3. The third-order valence-electron chi connectivity index (χ3n) is 18.2. The van der Waals surface area contributed by atoms with Crippen LogP contribution in [0.5, 0.6) is 0 Å². The molecule has 33 nitrogen and oxygen atoms in total. The number of aliphatic hydroxyl groups excluding tert-OH is 2. The second kappa shape index (κ2) is 47.8. The second-order valence-electron chi connectivity index (χ2n) is 25.4. The van der Waals surface area contributed by atoms with Crippen LogP contribution in [-0.4, -0.2) is 158 Å². The van der Waals surface area contributed by atoms with Crippen LogP contribution in [0.1, 0.15) is 118 Å². The van der Waals surface area contributed by atoms with Gasteiger partial charge in [0.05, 0.1) is 50.9 Å². The van der Waals surface area contributed by atoms with Crippen molar-refractivity contribution >= 4 is 122 Å². The molecule has 10 N–H and O–H groups in total. The number of Topliss-reactive ketones (excluding diaryl/α,β-unsaturated/α-hetero) is 2. The van der Waals surface area contributed by atoms with E-state index in [9.17, 15) is 38.4 Å². The molecule has 118 heavy (non-hydrogen) atoms. The fourth-order valence-electron chi connectivity index (χ4n) is 12.9. The van der Waals surface area contributed by atoms with E-state index < -0.39 is 19.1 Å². The molecular formula is C84H94KN15O18. The molecule has 5 amide bonds. The third kappa shape index (κ3) is 25.0. The van der Waals surface area contributed by atoms with Gasteiger partial charge in [0.2, 0.25) is 41.1 Å². The minimum absolute atomic E-state index is 0. The fourth-order valence-corrected chi connectivity index (χ4v) is 12.9. The van der Waals surface area contributed by atoms with Crippen molar-refractivity contribution in [2.24, 2.45) is 4.99 Å². The average molecular weight is 1640 g/mol. The van der Waals surface area contributed by atoms with E-state index >= 15 is 0 Å². The number of nitrogens with two attached hydrogens (primary N) is 2. The van der Waals surface area contributed by atoms with Crippen LogP contribution in [-0.2, 0) is 79.8 Å². The monoisotopic (exact) mass is 1640 g/mol. The molecular weight excluding hydrogens is 1550 g/mol. The maximum atomic E-state index is 11.6. The number of nitrogen functional groups attached to an aromatic ring is 2. The molecule has 9 aromatic rings. The number of hydrogen-bond donors (Lipinski definition) is 5. The van der Waals surface area contributed by atoms with Gasteiger partial charge in [-0.15, -0.1) is 0 Å². The number of hydrogen-bond acceptors (Lipinski definition) is 25. The molecule has 0 aliphatic carbocycles. The van der Waals surface area contributed by atoms with Gasteiger partial charge in [0.25, 0.3) is 17.9 Å². The summed E-state index contributed by atoms with van der Waals surface area (Å²) in [6.45, 7) is 40.3. The van der Waals surface area contributed by atoms with Crippen molar-refractivity contribution in [1.82, 2.24) is 16.1 Å². The first-order valence-corrected chi connectivity index (χ1v) is 36.4. The Morgan fingerprint density at radius 1 is 0.568 bits per heavy atom. The van der Waals surface area contributed by atoms with E-state index in [-0.39, 0.29) is 122 Å². The van der Waals surface area contributed by atoms with Crippen molar-refractivity contribution in [2.75, 3.05) is 109 Å². The minimum Gasteiger partial charge on any atom is -0.870 e. The first kappa shape index (κ1) is 98.2. The number of fused-ring (bicyclic) bond motifs is 6. The number of nitriles is 1. The fraction of sp³-hybridized carbons (Fsp3) is 0.321. The maximum Gasteiger partial charge on any atom is 1.00 e. The molecule has 4 aromatic heterocycles. The number of nitrogens with zero attached hydrogens (tertiary/aromatic N) is 12. The number of anilines is 7. The quantitative estimate of drug-likeness (QED) is 0.00987. The van der Waals surface area contributed by atoms with Gasteiger partial charge >= 0.3 is 63.8 Å². The number of carbonyl (C=O) groups is 8. The van der Waals surface area contributed by atoms with E-state index in [0.29, 0.717) is 79.1 Å². The Kier molecular flexibility index (Phi) is 39.8. The molecule has 0 unspecified atom stereocenters. The molecule has 0 bridgehead atoms. The minimum atomic E-state index is -0.845. The van der Waals surface area contributed by atoms with E-state index in [4.69, 9.17) is 74.1 Å². The Morgan fingerprint density at radius 3 is 1.33 bits per heavy atom. The van der Waals surface area contributed by atoms with Crippen LogP contribution in [0.15, 0.2) is 134 Å². The van der Waals surface area contributed by atoms with Crippen molar-refractivity contribution < 1.29 is 138 Å². The zero-order valence-electron chi connectivity index (χ0n) is 67.9. The predicted molar refractivity (Wildman–Crippen MR) is 441 cm³/mol. The van der Waals surface area contributed by atoms with Gasteiger partial charge in [-0.25, -0.2) is 26.2 Å². The van der Waals surface area contributed by atoms with E-state index in [1.165, 1.54) is 39.1 Å². The molecule has 0 spiro atoms. The topological polar surface area (TPSA) is 462 Å². The van der Waals surface area contributed by atoms with Crippen molar-refractivity contribution in [3.05, 3.63) is 189 Å². The van der Waals surface area contributed by atoms with E-state index in [1.54, 1.807) is 110 Å². The summed E-state index contributed by atoms with van der Waals surface area (Å²) >= 11 is 0. The molecule has 0 radical (unpaired) electrons. The molecule has 14 rings (SSSR count). The summed E-state index contributed by atoms with van der Waals surface area (Å²) in [5.74, 6) is 0.382. The number of benzene rings is 5. The Balaban J connectivity index is 0.000000295. The van der Waals surface area contributed by atoms with Gasteiger partial charge < -0.3 is 94.9 Å². The van der Waals surface area contributed by atoms with Crippen LogP contribution in [0.3, 0.4) is 0 Å². The largest absolute Gasteiger partial charge is 1.00 e. The number of rotatable bonds is 14. The van der Waals surface area contributed by atoms with Gasteiger partial charge in [-0.2, -0.15) is 10.3 Å². The Bertz CT molecular complexity index is 5240. The summed E-state index contributed by atoms with van der Waals surface area (Å²) in [6.07, 6.45) is 11.4. The molecule has 0 fully saturated rings. The standard InChI is InChI=1S/C18H17N3O3.C16H14N4O2.C15H13N3O2.C12H13NO3.C12H13NO2.C7H14O4.C3H2N2.CH4O.K.H3N.H2O/c1-4-23-11-20-18-17(19-3)15(10-24-18)13-5-6-16-14(9-13)7-8-21(16)12(2)22;1-9(21)20-5-4-11-6-10(2-3-13(11)20)12-7-22-16-14(12)15(17)18-8-19-16;1-9(19)18-6-5-11-7-10(3-4-13(11)18)12-8-20-15(16)14(12)17-2;1-8(15)13-5-4-9-6-10(12(16)7-14)2-3-11(9)13;1-8(14)10-3-4-12-11(7-10)5-6-13(12)9(2)15;1-4-9-7(10-5-2)11-6(3)8;1-5-3-2-4;1-2;;;/h5-6,9-11H,4,7-8H2,1-2H3;2-3,6-8H,4-5H2,1H3,(H2,17,18,19);3-4,7-8H,5-6,16H2,1H3;2-3,6,14H,4-5,7H2,1H3;3-4,7H,5-6H2,1-2H3;7H,4-5H2,1-3H3;3H2;2H,1H3;;1H3;1H2/q;;;;;;;;+1;;/p-1. The summed E-state index contributed by atoms with van der Waals surface area (Å²) in [5.41, 5.74) is 29.1. The van der Waals surface area contributed by atoms with Crippen LogP contribution in [0.2, 0.25) is 0 Å². The molecule has 9 heterocycles. The summed E-state index contributed by atoms with van der Waals surface area (Å²) in [7, 11) is 1.00. The Hall–Kier alpha value is -12.1. The predicted octanol–water partition coefficient (Wildman–Crippen LogP) is 9.97. The molecule has 5 aliphatic rings. The number of aromatic nitrogens is 2. The van der Waals surface area contributed by atoms with Crippen LogP contribution < -0.4 is 93.5 Å². The van der Waals surface area contributed by atoms with Gasteiger partial charge in [0, 0.05) is 138 Å². The van der Waals surface area contributed by atoms with Crippen molar-refractivity contribution in [3.8, 4) is 39.4 Å². The first-order valence-electron chi connectivity index (χ1n) is 36.4. The summed E-state index contributed by atoms with van der Waals surface area (Å²) in [4.78, 5) is 121. The Morgan fingerprint density at radius 2 is 0.958 bits per heavy atom. The number of aliphatic imine (C=N–C) groups is 1. The maximum absolute atomic E-state index is 11.6. The molecule has 34 heteroatoms. The van der Waals surface area contributed by atoms with Crippen molar-refractivity contribution in [1.29, 1.82) is 5.26 Å². The van der Waals surface area contributed by atoms with Gasteiger partial charge in [-0.1, -0.05) is 30.3 Å². The van der Waals surface area contributed by atoms with Crippen molar-refractivity contribution in [2.45, 2.75) is 108 Å². The number of ether oxygens (including phenoxy) is 4. The molecule has 5 aromatic carbocycles. The van der Waals surface area contributed by atoms with Gasteiger partial charge in [0.1, 0.15) is 31.1 Å².